The Morgan fingerprint density at radius 1 is 1.31 bits per heavy atom. The van der Waals surface area contributed by atoms with E-state index < -0.39 is 0 Å². The highest BCUT2D eigenvalue weighted by Crippen LogP contribution is 2.26. The molecule has 0 aliphatic carbocycles. The molecule has 9 nitrogen and oxygen atoms in total. The molecule has 1 aliphatic heterocycles. The second-order valence-electron chi connectivity index (χ2n) is 8.26. The van der Waals surface area contributed by atoms with E-state index >= 15 is 0 Å². The van der Waals surface area contributed by atoms with Crippen LogP contribution in [0.25, 0.3) is 22.3 Å². The number of allylic oxidation sites excluding steroid dienone is 1. The topological polar surface area (TPSA) is 107 Å². The van der Waals surface area contributed by atoms with Crippen molar-refractivity contribution in [2.24, 2.45) is 0 Å². The molecule has 1 saturated heterocycles. The fourth-order valence-corrected chi connectivity index (χ4v) is 4.21. The summed E-state index contributed by atoms with van der Waals surface area (Å²) in [5.74, 6) is 0. The van der Waals surface area contributed by atoms with Crippen molar-refractivity contribution in [2.45, 2.75) is 45.3 Å². The van der Waals surface area contributed by atoms with E-state index in [0.29, 0.717) is 17.3 Å². The van der Waals surface area contributed by atoms with Crippen molar-refractivity contribution in [1.29, 1.82) is 5.41 Å². The molecule has 1 fully saturated rings. The van der Waals surface area contributed by atoms with Gasteiger partial charge in [-0.25, -0.2) is 9.50 Å². The number of hydrogen-bond donors (Lipinski definition) is 3. The molecule has 0 aromatic carbocycles. The Morgan fingerprint density at radius 2 is 2.16 bits per heavy atom. The van der Waals surface area contributed by atoms with E-state index in [1.807, 2.05) is 35.5 Å². The van der Waals surface area contributed by atoms with Gasteiger partial charge in [0.1, 0.15) is 0 Å². The predicted molar refractivity (Wildman–Crippen MR) is 126 cm³/mol. The maximum atomic E-state index is 9.65. The van der Waals surface area contributed by atoms with Crippen LogP contribution >= 0.6 is 0 Å². The third kappa shape index (κ3) is 4.73. The summed E-state index contributed by atoms with van der Waals surface area (Å²) in [7, 11) is 0. The molecular weight excluding hydrogens is 404 g/mol. The lowest BCUT2D eigenvalue weighted by Crippen LogP contribution is -2.29. The van der Waals surface area contributed by atoms with Crippen LogP contribution in [0.15, 0.2) is 37.1 Å². The van der Waals surface area contributed by atoms with Gasteiger partial charge in [0, 0.05) is 55.9 Å². The molecule has 9 heteroatoms. The van der Waals surface area contributed by atoms with Crippen LogP contribution in [-0.2, 0) is 0 Å². The highest BCUT2D eigenvalue weighted by molar-refractivity contribution is 6.07. The smallest absolute Gasteiger partial charge is 0.0999 e. The zero-order valence-corrected chi connectivity index (χ0v) is 18.8. The lowest BCUT2D eigenvalue weighted by Gasteiger charge is -2.14. The van der Waals surface area contributed by atoms with E-state index in [1.165, 1.54) is 6.21 Å². The molecule has 170 valence electrons. The van der Waals surface area contributed by atoms with Gasteiger partial charge in [0.25, 0.3) is 0 Å². The van der Waals surface area contributed by atoms with Crippen molar-refractivity contribution >= 4 is 17.3 Å². The monoisotopic (exact) mass is 436 g/mol. The zero-order valence-electron chi connectivity index (χ0n) is 18.8. The van der Waals surface area contributed by atoms with Crippen LogP contribution in [0.3, 0.4) is 0 Å². The second kappa shape index (κ2) is 10.1. The van der Waals surface area contributed by atoms with Crippen molar-refractivity contribution in [1.82, 2.24) is 34.6 Å². The van der Waals surface area contributed by atoms with Crippen molar-refractivity contribution in [3.05, 3.63) is 42.7 Å². The molecule has 3 aromatic heterocycles. The van der Waals surface area contributed by atoms with Gasteiger partial charge < -0.3 is 15.8 Å². The first-order valence-electron chi connectivity index (χ1n) is 11.4. The van der Waals surface area contributed by atoms with E-state index in [1.54, 1.807) is 10.7 Å². The van der Waals surface area contributed by atoms with E-state index in [0.717, 1.165) is 62.2 Å². The van der Waals surface area contributed by atoms with Crippen LogP contribution < -0.4 is 5.32 Å². The molecule has 32 heavy (non-hydrogen) atoms. The molecule has 1 aliphatic rings. The van der Waals surface area contributed by atoms with Gasteiger partial charge in [-0.05, 0) is 25.3 Å². The summed E-state index contributed by atoms with van der Waals surface area (Å²) < 4.78 is 3.82. The fourth-order valence-electron chi connectivity index (χ4n) is 4.21. The van der Waals surface area contributed by atoms with Crippen LogP contribution in [0.5, 0.6) is 0 Å². The summed E-state index contributed by atoms with van der Waals surface area (Å²) in [4.78, 5) is 7.12. The van der Waals surface area contributed by atoms with Gasteiger partial charge in [0.15, 0.2) is 0 Å². The highest BCUT2D eigenvalue weighted by Gasteiger charge is 2.19. The lowest BCUT2D eigenvalue weighted by atomic mass is 10.1. The van der Waals surface area contributed by atoms with Gasteiger partial charge >= 0.3 is 0 Å². The SMILES string of the molecule is CCC(CC)n1cc(-c2nc(/C(C=N)=C/NCCN3CC[C@H](O)C3)cn3nccc23)cn1. The molecule has 4 heterocycles. The van der Waals surface area contributed by atoms with Gasteiger partial charge in [-0.15, -0.1) is 0 Å². The molecule has 0 radical (unpaired) electrons. The summed E-state index contributed by atoms with van der Waals surface area (Å²) in [5.41, 5.74) is 4.00. The number of nitrogens with one attached hydrogen (secondary N) is 2. The van der Waals surface area contributed by atoms with Crippen molar-refractivity contribution in [3.8, 4) is 11.3 Å². The number of aromatic nitrogens is 5. The summed E-state index contributed by atoms with van der Waals surface area (Å²) in [6, 6.07) is 2.31. The quantitative estimate of drug-likeness (QED) is 0.333. The molecule has 0 saturated carbocycles. The normalized spacial score (nSPS) is 17.5. The Hall–Kier alpha value is -3.04. The molecule has 1 atom stereocenters. The molecule has 4 rings (SSSR count). The average Bonchev–Trinajstić information content (AvgIpc) is 3.55. The number of aliphatic hydroxyl groups is 1. The maximum Gasteiger partial charge on any atom is 0.0999 e. The number of rotatable bonds is 10. The molecule has 3 aromatic rings. The summed E-state index contributed by atoms with van der Waals surface area (Å²) in [5, 5.41) is 29.8. The van der Waals surface area contributed by atoms with E-state index in [2.05, 4.69) is 34.3 Å². The zero-order chi connectivity index (χ0) is 22.5. The number of fused-ring (bicyclic) bond motifs is 1. The van der Waals surface area contributed by atoms with E-state index in [-0.39, 0.29) is 6.10 Å². The third-order valence-electron chi connectivity index (χ3n) is 6.11. The molecule has 0 bridgehead atoms. The van der Waals surface area contributed by atoms with Gasteiger partial charge in [-0.1, -0.05) is 13.8 Å². The number of likely N-dealkylation sites (tertiary alicyclic amines) is 1. The second-order valence-corrected chi connectivity index (χ2v) is 8.26. The number of β-amino-alcohol motifs (C(OH)–C–C–N with tert-alkyl or cyclic N) is 1. The van der Waals surface area contributed by atoms with Gasteiger partial charge in [0.05, 0.1) is 47.6 Å². The minimum atomic E-state index is -0.208. The van der Waals surface area contributed by atoms with Crippen LogP contribution in [0.4, 0.5) is 0 Å². The van der Waals surface area contributed by atoms with Crippen molar-refractivity contribution in [2.75, 3.05) is 26.2 Å². The first kappa shape index (κ1) is 22.2. The lowest BCUT2D eigenvalue weighted by molar-refractivity contribution is 0.177. The first-order chi connectivity index (χ1) is 15.6. The van der Waals surface area contributed by atoms with E-state index in [4.69, 9.17) is 10.4 Å². The third-order valence-corrected chi connectivity index (χ3v) is 6.11. The Labute approximate surface area is 188 Å². The largest absolute Gasteiger partial charge is 0.392 e. The van der Waals surface area contributed by atoms with Gasteiger partial charge in [-0.3, -0.25) is 9.58 Å². The molecular formula is C23H32N8O. The fraction of sp³-hybridized carbons (Fsp3) is 0.478. The predicted octanol–water partition coefficient (Wildman–Crippen LogP) is 2.60. The standard InChI is InChI=1S/C23H32N8O/c1-3-19(4-2)30-14-18(13-27-30)23-22-5-7-26-31(22)16-21(28-23)17(11-24)12-25-8-10-29-9-6-20(32)15-29/h5,7,11-14,16,19-20,24-25,32H,3-4,6,8-10,15H2,1-2H3/b17-12+,24-11?/t20-/m0/s1. The van der Waals surface area contributed by atoms with Crippen molar-refractivity contribution in [3.63, 3.8) is 0 Å². The minimum absolute atomic E-state index is 0.208. The first-order valence-corrected chi connectivity index (χ1v) is 11.4. The Morgan fingerprint density at radius 3 is 2.88 bits per heavy atom. The Balaban J connectivity index is 1.57. The molecule has 0 spiro atoms. The van der Waals surface area contributed by atoms with Gasteiger partial charge in [-0.2, -0.15) is 10.2 Å². The molecule has 0 unspecified atom stereocenters. The minimum Gasteiger partial charge on any atom is -0.392 e. The van der Waals surface area contributed by atoms with Crippen LogP contribution in [-0.4, -0.2) is 72.9 Å². The molecule has 3 N–H and O–H groups in total. The van der Waals surface area contributed by atoms with Crippen molar-refractivity contribution < 1.29 is 5.11 Å². The van der Waals surface area contributed by atoms with Gasteiger partial charge in [0.2, 0.25) is 0 Å². The van der Waals surface area contributed by atoms with Crippen LogP contribution in [0, 0.1) is 5.41 Å². The maximum absolute atomic E-state index is 9.65. The average molecular weight is 437 g/mol. The van der Waals surface area contributed by atoms with E-state index in [9.17, 15) is 5.11 Å². The highest BCUT2D eigenvalue weighted by atomic mass is 16.3. The number of nitrogens with zero attached hydrogens (tertiary/aromatic N) is 6. The summed E-state index contributed by atoms with van der Waals surface area (Å²) >= 11 is 0. The molecule has 0 amide bonds. The summed E-state index contributed by atoms with van der Waals surface area (Å²) in [6.45, 7) is 7.59. The Bertz CT molecular complexity index is 1080. The van der Waals surface area contributed by atoms with Crippen LogP contribution in [0.2, 0.25) is 0 Å². The number of aliphatic hydroxyl groups excluding tert-OH is 1. The number of hydrogen-bond acceptors (Lipinski definition) is 7. The summed E-state index contributed by atoms with van der Waals surface area (Å²) in [6.07, 6.45) is 13.3. The van der Waals surface area contributed by atoms with Crippen LogP contribution in [0.1, 0.15) is 44.8 Å². The Kier molecular flexibility index (Phi) is 6.96.